The summed E-state index contributed by atoms with van der Waals surface area (Å²) in [5.41, 5.74) is 3.57. The summed E-state index contributed by atoms with van der Waals surface area (Å²) < 4.78 is 23.7. The second-order valence-electron chi connectivity index (χ2n) is 11.3. The lowest BCUT2D eigenvalue weighted by atomic mass is 9.93. The molecule has 1 atom stereocenters. The van der Waals surface area contributed by atoms with Crippen LogP contribution in [0.2, 0.25) is 5.15 Å². The third-order valence-electron chi connectivity index (χ3n) is 8.35. The Morgan fingerprint density at radius 2 is 1.90 bits per heavy atom. The van der Waals surface area contributed by atoms with Crippen molar-refractivity contribution in [3.63, 3.8) is 0 Å². The number of fused-ring (bicyclic) bond motifs is 3. The molecular formula is C30H31ClFN5O3. The molecule has 4 aliphatic rings. The molecule has 8 nitrogen and oxygen atoms in total. The van der Waals surface area contributed by atoms with E-state index in [1.807, 2.05) is 12.1 Å². The molecule has 3 aromatic rings. The van der Waals surface area contributed by atoms with Gasteiger partial charge in [-0.2, -0.15) is 0 Å². The summed E-state index contributed by atoms with van der Waals surface area (Å²) >= 11 is 6.32. The van der Waals surface area contributed by atoms with Crippen molar-refractivity contribution in [2.24, 2.45) is 0 Å². The molecule has 1 aromatic carbocycles. The van der Waals surface area contributed by atoms with E-state index >= 15 is 4.39 Å². The molecule has 2 aliphatic heterocycles. The fourth-order valence-corrected chi connectivity index (χ4v) is 6.15. The third kappa shape index (κ3) is 4.85. The molecule has 10 heteroatoms. The van der Waals surface area contributed by atoms with Gasteiger partial charge in [-0.1, -0.05) is 23.7 Å². The first-order valence-corrected chi connectivity index (χ1v) is 14.6. The second-order valence-corrected chi connectivity index (χ2v) is 11.6. The summed E-state index contributed by atoms with van der Waals surface area (Å²) in [7, 11) is 0. The molecule has 2 fully saturated rings. The van der Waals surface area contributed by atoms with Gasteiger partial charge < -0.3 is 19.5 Å². The molecule has 0 bridgehead atoms. The van der Waals surface area contributed by atoms with E-state index < -0.39 is 6.04 Å². The fourth-order valence-electron chi connectivity index (χ4n) is 5.94. The number of hydrogen-bond donors (Lipinski definition) is 1. The molecule has 4 heterocycles. The Hall–Kier alpha value is -3.46. The lowest BCUT2D eigenvalue weighted by molar-refractivity contribution is -0.135. The zero-order valence-electron chi connectivity index (χ0n) is 22.2. The molecule has 2 aliphatic carbocycles. The van der Waals surface area contributed by atoms with E-state index in [1.165, 1.54) is 6.07 Å². The molecule has 208 valence electrons. The van der Waals surface area contributed by atoms with E-state index in [-0.39, 0.29) is 46.9 Å². The smallest absolute Gasteiger partial charge is 0.270 e. The number of nitrogens with zero attached hydrogens (tertiary/aromatic N) is 4. The number of hydrogen-bond acceptors (Lipinski definition) is 5. The summed E-state index contributed by atoms with van der Waals surface area (Å²) in [4.78, 5) is 36.8. The zero-order valence-corrected chi connectivity index (χ0v) is 22.9. The molecule has 40 heavy (non-hydrogen) atoms. The van der Waals surface area contributed by atoms with Gasteiger partial charge in [0.05, 0.1) is 11.4 Å². The normalized spacial score (nSPS) is 20.1. The number of amides is 2. The quantitative estimate of drug-likeness (QED) is 0.420. The highest BCUT2D eigenvalue weighted by molar-refractivity contribution is 6.31. The Kier molecular flexibility index (Phi) is 6.49. The van der Waals surface area contributed by atoms with Gasteiger partial charge in [0.1, 0.15) is 23.4 Å². The lowest BCUT2D eigenvalue weighted by Crippen LogP contribution is -2.44. The third-order valence-corrected chi connectivity index (χ3v) is 8.62. The van der Waals surface area contributed by atoms with E-state index in [1.54, 1.807) is 17.0 Å². The van der Waals surface area contributed by atoms with Crippen molar-refractivity contribution in [2.45, 2.75) is 75.9 Å². The van der Waals surface area contributed by atoms with Gasteiger partial charge in [0.25, 0.3) is 11.8 Å². The minimum atomic E-state index is -0.588. The van der Waals surface area contributed by atoms with Gasteiger partial charge in [-0.05, 0) is 68.2 Å². The summed E-state index contributed by atoms with van der Waals surface area (Å²) in [5, 5.41) is 2.89. The second kappa shape index (κ2) is 10.2. The van der Waals surface area contributed by atoms with Gasteiger partial charge in [-0.25, -0.2) is 14.4 Å². The number of aryl methyl sites for hydroxylation is 1. The van der Waals surface area contributed by atoms with Crippen molar-refractivity contribution in [3.8, 4) is 5.75 Å². The van der Waals surface area contributed by atoms with Crippen LogP contribution in [0.3, 0.4) is 0 Å². The lowest BCUT2D eigenvalue weighted by Gasteiger charge is -2.37. The highest BCUT2D eigenvalue weighted by atomic mass is 35.5. The van der Waals surface area contributed by atoms with Gasteiger partial charge in [0, 0.05) is 37.5 Å². The Bertz CT molecular complexity index is 1500. The number of imidazole rings is 1. The molecule has 1 unspecified atom stereocenters. The molecule has 7 rings (SSSR count). The van der Waals surface area contributed by atoms with Crippen molar-refractivity contribution >= 4 is 23.4 Å². The van der Waals surface area contributed by atoms with E-state index in [0.717, 1.165) is 74.3 Å². The van der Waals surface area contributed by atoms with Crippen LogP contribution in [0.15, 0.2) is 30.3 Å². The van der Waals surface area contributed by atoms with Gasteiger partial charge in [-0.15, -0.1) is 0 Å². The van der Waals surface area contributed by atoms with Crippen molar-refractivity contribution in [1.82, 2.24) is 24.8 Å². The summed E-state index contributed by atoms with van der Waals surface area (Å²) in [6.45, 7) is 0.937. The number of pyridine rings is 1. The summed E-state index contributed by atoms with van der Waals surface area (Å²) in [6, 6.07) is 8.20. The average Bonchev–Trinajstić information content (AvgIpc) is 3.89. The van der Waals surface area contributed by atoms with Crippen LogP contribution in [0.4, 0.5) is 4.39 Å². The number of carbonyl (C=O) groups is 2. The highest BCUT2D eigenvalue weighted by Crippen LogP contribution is 2.43. The highest BCUT2D eigenvalue weighted by Gasteiger charge is 2.39. The maximum atomic E-state index is 15.7. The number of rotatable bonds is 7. The molecule has 0 spiro atoms. The predicted octanol–water partition coefficient (Wildman–Crippen LogP) is 4.73. The van der Waals surface area contributed by atoms with Crippen molar-refractivity contribution in [1.29, 1.82) is 0 Å². The maximum absolute atomic E-state index is 15.7. The molecule has 0 radical (unpaired) electrons. The number of nitrogens with one attached hydrogen (secondary N) is 1. The van der Waals surface area contributed by atoms with Crippen LogP contribution >= 0.6 is 11.6 Å². The van der Waals surface area contributed by atoms with Crippen LogP contribution in [0, 0.1) is 5.82 Å². The first-order chi connectivity index (χ1) is 19.5. The standard InChI is InChI=1S/C30H31ClFN5O3/c31-29-24(11-10-23(35-29)30(39)33-19-7-8-19)40-16-26(38)37-14-12-22-28(36-13-2-1-3-25(36)34-22)27(37)20-9-6-18(15-21(20)32)17-4-5-17/h6,9-11,15,17,19,27H,1-5,7-8,12-14,16H2,(H,33,39). The fraction of sp³-hybridized carbons (Fsp3) is 0.467. The topological polar surface area (TPSA) is 89.4 Å². The van der Waals surface area contributed by atoms with Gasteiger partial charge >= 0.3 is 0 Å². The zero-order chi connectivity index (χ0) is 27.4. The number of ether oxygens (including phenoxy) is 1. The number of carbonyl (C=O) groups excluding carboxylic acids is 2. The van der Waals surface area contributed by atoms with E-state index in [0.29, 0.717) is 24.4 Å². The molecule has 2 amide bonds. The molecule has 2 aromatic heterocycles. The van der Waals surface area contributed by atoms with Crippen molar-refractivity contribution < 1.29 is 18.7 Å². The van der Waals surface area contributed by atoms with Crippen LogP contribution in [-0.2, 0) is 24.2 Å². The maximum Gasteiger partial charge on any atom is 0.270 e. The van der Waals surface area contributed by atoms with Gasteiger partial charge in [-0.3, -0.25) is 9.59 Å². The number of aromatic nitrogens is 3. The van der Waals surface area contributed by atoms with Crippen LogP contribution in [-0.4, -0.2) is 50.4 Å². The van der Waals surface area contributed by atoms with Gasteiger partial charge in [0.2, 0.25) is 0 Å². The molecular weight excluding hydrogens is 533 g/mol. The van der Waals surface area contributed by atoms with E-state index in [2.05, 4.69) is 14.9 Å². The van der Waals surface area contributed by atoms with Crippen LogP contribution < -0.4 is 10.1 Å². The van der Waals surface area contributed by atoms with Crippen LogP contribution in [0.5, 0.6) is 5.75 Å². The summed E-state index contributed by atoms with van der Waals surface area (Å²) in [6.07, 6.45) is 7.73. The Morgan fingerprint density at radius 1 is 1.05 bits per heavy atom. The van der Waals surface area contributed by atoms with Crippen molar-refractivity contribution in [3.05, 3.63) is 75.3 Å². The van der Waals surface area contributed by atoms with Crippen LogP contribution in [0.25, 0.3) is 0 Å². The average molecular weight is 564 g/mol. The summed E-state index contributed by atoms with van der Waals surface area (Å²) in [5.74, 6) is 0.820. The largest absolute Gasteiger partial charge is 0.481 e. The van der Waals surface area contributed by atoms with E-state index in [4.69, 9.17) is 21.3 Å². The monoisotopic (exact) mass is 563 g/mol. The first-order valence-electron chi connectivity index (χ1n) is 14.2. The Labute approximate surface area is 236 Å². The minimum Gasteiger partial charge on any atom is -0.481 e. The van der Waals surface area contributed by atoms with Crippen LogP contribution in [0.1, 0.15) is 89.3 Å². The molecule has 2 saturated carbocycles. The first kappa shape index (κ1) is 25.5. The molecule has 0 saturated heterocycles. The number of halogens is 2. The Balaban J connectivity index is 1.15. The minimum absolute atomic E-state index is 0.0142. The molecule has 1 N–H and O–H groups in total. The number of benzene rings is 1. The SMILES string of the molecule is O=C(NC1CC1)c1ccc(OCC(=O)N2CCc3nc4n(c3C2c2ccc(C3CC3)cc2F)CCCC4)c(Cl)n1. The Morgan fingerprint density at radius 3 is 2.65 bits per heavy atom. The van der Waals surface area contributed by atoms with Crippen molar-refractivity contribution in [2.75, 3.05) is 13.2 Å². The van der Waals surface area contributed by atoms with E-state index in [9.17, 15) is 9.59 Å². The van der Waals surface area contributed by atoms with Gasteiger partial charge in [0.15, 0.2) is 17.5 Å². The predicted molar refractivity (Wildman–Crippen MR) is 146 cm³/mol.